The third-order valence-electron chi connectivity index (χ3n) is 5.86. The highest BCUT2D eigenvalue weighted by Crippen LogP contribution is 2.22. The van der Waals surface area contributed by atoms with Gasteiger partial charge in [0.1, 0.15) is 0 Å². The van der Waals surface area contributed by atoms with E-state index in [0.717, 1.165) is 29.1 Å². The molecule has 0 saturated heterocycles. The van der Waals surface area contributed by atoms with Gasteiger partial charge in [-0.2, -0.15) is 0 Å². The Balaban J connectivity index is 1.53. The fraction of sp³-hybridized carbons (Fsp3) is 0.464. The van der Waals surface area contributed by atoms with Crippen LogP contribution in [0.3, 0.4) is 0 Å². The summed E-state index contributed by atoms with van der Waals surface area (Å²) in [5.74, 6) is 0.746. The maximum absolute atomic E-state index is 4.66. The zero-order valence-corrected chi connectivity index (χ0v) is 19.3. The van der Waals surface area contributed by atoms with Crippen molar-refractivity contribution in [1.29, 1.82) is 0 Å². The molecule has 0 bridgehead atoms. The number of hydrogen-bond acceptors (Lipinski definition) is 3. The van der Waals surface area contributed by atoms with E-state index in [2.05, 4.69) is 65.2 Å². The van der Waals surface area contributed by atoms with E-state index in [4.69, 9.17) is 0 Å². The molecule has 3 heteroatoms. The van der Waals surface area contributed by atoms with Crippen LogP contribution < -0.4 is 0 Å². The summed E-state index contributed by atoms with van der Waals surface area (Å²) in [7, 11) is 0. The molecule has 0 aliphatic rings. The summed E-state index contributed by atoms with van der Waals surface area (Å²) in [6.07, 6.45) is 19.7. The van der Waals surface area contributed by atoms with Crippen LogP contribution >= 0.6 is 0 Å². The van der Waals surface area contributed by atoms with Crippen molar-refractivity contribution >= 4 is 0 Å². The summed E-state index contributed by atoms with van der Waals surface area (Å²) < 4.78 is 0. The van der Waals surface area contributed by atoms with E-state index in [1.165, 1.54) is 75.3 Å². The van der Waals surface area contributed by atoms with Gasteiger partial charge in [-0.15, -0.1) is 0 Å². The van der Waals surface area contributed by atoms with E-state index in [-0.39, 0.29) is 0 Å². The lowest BCUT2D eigenvalue weighted by Gasteiger charge is -2.06. The second kappa shape index (κ2) is 13.0. The number of nitrogens with zero attached hydrogens (tertiary/aromatic N) is 3. The molecule has 0 spiro atoms. The standard InChI is InChI=1S/C28H37N3/c1-3-5-7-9-11-13-24-20-30-28(31-21-24)26-18-19-27(29-22-26)25-16-14-23(15-17-25)12-10-8-6-4-2/h14-22H,3-13H2,1-2H3. The molecule has 0 radical (unpaired) electrons. The molecule has 0 aliphatic heterocycles. The first-order chi connectivity index (χ1) is 15.3. The lowest BCUT2D eigenvalue weighted by atomic mass is 10.0. The molecule has 3 rings (SSSR count). The fourth-order valence-corrected chi connectivity index (χ4v) is 3.86. The first-order valence-corrected chi connectivity index (χ1v) is 12.2. The highest BCUT2D eigenvalue weighted by Gasteiger charge is 2.05. The average molecular weight is 416 g/mol. The zero-order valence-electron chi connectivity index (χ0n) is 19.3. The van der Waals surface area contributed by atoms with Crippen molar-refractivity contribution in [2.45, 2.75) is 84.5 Å². The number of aryl methyl sites for hydroxylation is 2. The highest BCUT2D eigenvalue weighted by atomic mass is 14.9. The van der Waals surface area contributed by atoms with E-state index in [0.29, 0.717) is 0 Å². The molecule has 1 aromatic carbocycles. The molecule has 0 saturated carbocycles. The lowest BCUT2D eigenvalue weighted by Crippen LogP contribution is -1.94. The van der Waals surface area contributed by atoms with Crippen LogP contribution in [0.1, 0.15) is 82.8 Å². The molecule has 31 heavy (non-hydrogen) atoms. The molecule has 0 fully saturated rings. The van der Waals surface area contributed by atoms with Crippen molar-refractivity contribution in [3.05, 3.63) is 66.1 Å². The van der Waals surface area contributed by atoms with Crippen molar-refractivity contribution in [1.82, 2.24) is 15.0 Å². The third kappa shape index (κ3) is 7.57. The number of aromatic nitrogens is 3. The normalized spacial score (nSPS) is 11.0. The van der Waals surface area contributed by atoms with Crippen LogP contribution in [0.4, 0.5) is 0 Å². The Hall–Kier alpha value is -2.55. The Bertz CT molecular complexity index is 868. The van der Waals surface area contributed by atoms with Crippen molar-refractivity contribution in [3.8, 4) is 22.6 Å². The number of benzene rings is 1. The van der Waals surface area contributed by atoms with Crippen molar-refractivity contribution in [2.75, 3.05) is 0 Å². The van der Waals surface area contributed by atoms with Crippen molar-refractivity contribution in [2.24, 2.45) is 0 Å². The summed E-state index contributed by atoms with van der Waals surface area (Å²) in [5, 5.41) is 0. The van der Waals surface area contributed by atoms with Gasteiger partial charge in [0.05, 0.1) is 5.69 Å². The number of rotatable bonds is 13. The maximum atomic E-state index is 4.66. The van der Waals surface area contributed by atoms with Gasteiger partial charge in [0.2, 0.25) is 0 Å². The fourth-order valence-electron chi connectivity index (χ4n) is 3.86. The van der Waals surface area contributed by atoms with Crippen LogP contribution in [-0.4, -0.2) is 15.0 Å². The van der Waals surface area contributed by atoms with E-state index >= 15 is 0 Å². The predicted octanol–water partition coefficient (Wildman–Crippen LogP) is 7.84. The molecule has 0 aliphatic carbocycles. The Labute approximate surface area is 188 Å². The minimum absolute atomic E-state index is 0.746. The molecule has 0 N–H and O–H groups in total. The molecule has 0 amide bonds. The molecule has 2 aromatic heterocycles. The maximum Gasteiger partial charge on any atom is 0.160 e. The minimum Gasteiger partial charge on any atom is -0.255 e. The van der Waals surface area contributed by atoms with E-state index in [1.807, 2.05) is 18.6 Å². The summed E-state index contributed by atoms with van der Waals surface area (Å²) in [4.78, 5) is 13.8. The molecule has 3 nitrogen and oxygen atoms in total. The summed E-state index contributed by atoms with van der Waals surface area (Å²) >= 11 is 0. The second-order valence-corrected chi connectivity index (χ2v) is 8.52. The van der Waals surface area contributed by atoms with Gasteiger partial charge in [-0.3, -0.25) is 4.98 Å². The SMILES string of the molecule is CCCCCCCc1cnc(-c2ccc(-c3ccc(CCCCCC)cc3)nc2)nc1. The van der Waals surface area contributed by atoms with Crippen LogP contribution in [-0.2, 0) is 12.8 Å². The Morgan fingerprint density at radius 3 is 1.71 bits per heavy atom. The van der Waals surface area contributed by atoms with Gasteiger partial charge in [0, 0.05) is 29.7 Å². The predicted molar refractivity (Wildman–Crippen MR) is 131 cm³/mol. The van der Waals surface area contributed by atoms with Gasteiger partial charge in [-0.1, -0.05) is 83.1 Å². The van der Waals surface area contributed by atoms with Gasteiger partial charge in [0.25, 0.3) is 0 Å². The second-order valence-electron chi connectivity index (χ2n) is 8.52. The van der Waals surface area contributed by atoms with Crippen LogP contribution in [0.15, 0.2) is 55.0 Å². The Morgan fingerprint density at radius 2 is 1.10 bits per heavy atom. The van der Waals surface area contributed by atoms with Gasteiger partial charge in [-0.25, -0.2) is 9.97 Å². The van der Waals surface area contributed by atoms with E-state index in [1.54, 1.807) is 0 Å². The molecule has 3 aromatic rings. The summed E-state index contributed by atoms with van der Waals surface area (Å²) in [6.45, 7) is 4.50. The van der Waals surface area contributed by atoms with Crippen LogP contribution in [0, 0.1) is 0 Å². The topological polar surface area (TPSA) is 38.7 Å². The number of hydrogen-bond donors (Lipinski definition) is 0. The Kier molecular flexibility index (Phi) is 9.69. The van der Waals surface area contributed by atoms with Gasteiger partial charge in [0.15, 0.2) is 5.82 Å². The third-order valence-corrected chi connectivity index (χ3v) is 5.86. The van der Waals surface area contributed by atoms with Crippen LogP contribution in [0.2, 0.25) is 0 Å². The minimum atomic E-state index is 0.746. The number of pyridine rings is 1. The largest absolute Gasteiger partial charge is 0.255 e. The first-order valence-electron chi connectivity index (χ1n) is 12.2. The number of unbranched alkanes of at least 4 members (excludes halogenated alkanes) is 7. The zero-order chi connectivity index (χ0) is 21.7. The monoisotopic (exact) mass is 415 g/mol. The molecular formula is C28H37N3. The highest BCUT2D eigenvalue weighted by molar-refractivity contribution is 5.63. The van der Waals surface area contributed by atoms with E-state index in [9.17, 15) is 0 Å². The molecule has 0 atom stereocenters. The molecule has 164 valence electrons. The molecule has 0 unspecified atom stereocenters. The summed E-state index contributed by atoms with van der Waals surface area (Å²) in [6, 6.07) is 13.0. The first kappa shape index (κ1) is 23.1. The summed E-state index contributed by atoms with van der Waals surface area (Å²) in [5.41, 5.74) is 5.74. The van der Waals surface area contributed by atoms with E-state index < -0.39 is 0 Å². The molecule has 2 heterocycles. The smallest absolute Gasteiger partial charge is 0.160 e. The molecular weight excluding hydrogens is 378 g/mol. The van der Waals surface area contributed by atoms with Crippen LogP contribution in [0.25, 0.3) is 22.6 Å². The van der Waals surface area contributed by atoms with Crippen molar-refractivity contribution < 1.29 is 0 Å². The average Bonchev–Trinajstić information content (AvgIpc) is 2.83. The van der Waals surface area contributed by atoms with Gasteiger partial charge >= 0.3 is 0 Å². The lowest BCUT2D eigenvalue weighted by molar-refractivity contribution is 0.631. The van der Waals surface area contributed by atoms with Crippen molar-refractivity contribution in [3.63, 3.8) is 0 Å². The quantitative estimate of drug-likeness (QED) is 0.267. The Morgan fingerprint density at radius 1 is 0.516 bits per heavy atom. The van der Waals surface area contributed by atoms with Gasteiger partial charge < -0.3 is 0 Å². The van der Waals surface area contributed by atoms with Gasteiger partial charge in [-0.05, 0) is 48.9 Å². The van der Waals surface area contributed by atoms with Crippen LogP contribution in [0.5, 0.6) is 0 Å².